The molecule has 110 valence electrons. The highest BCUT2D eigenvalue weighted by Gasteiger charge is 2.52. The van der Waals surface area contributed by atoms with Crippen molar-refractivity contribution in [3.63, 3.8) is 0 Å². The largest absolute Gasteiger partial charge is 0.505 e. The van der Waals surface area contributed by atoms with Crippen LogP contribution in [0.15, 0.2) is 12.1 Å². The lowest BCUT2D eigenvalue weighted by atomic mass is 9.88. The van der Waals surface area contributed by atoms with Gasteiger partial charge in [0.15, 0.2) is 0 Å². The smallest absolute Gasteiger partial charge is 0.399 e. The maximum absolute atomic E-state index is 6.08. The first-order chi connectivity index (χ1) is 9.30. The Hall–Kier alpha value is -0.395. The molecule has 0 aromatic carbocycles. The molecule has 0 amide bonds. The topological polar surface area (TPSA) is 36.9 Å². The molecular formula is C14H21BO4S. The molecule has 0 saturated carbocycles. The average Bonchev–Trinajstić information content (AvgIpc) is 2.83. The Labute approximate surface area is 124 Å². The molecule has 4 nitrogen and oxygen atoms in total. The fourth-order valence-electron chi connectivity index (χ4n) is 2.33. The summed E-state index contributed by atoms with van der Waals surface area (Å²) in [6.07, 6.45) is 0. The SMILES string of the molecule is COC1(c2ccc(B3OC(C)(C)C(C)(C)O3)s2)COC1. The maximum atomic E-state index is 6.08. The average molecular weight is 296 g/mol. The van der Waals surface area contributed by atoms with Crippen LogP contribution in [0.25, 0.3) is 0 Å². The lowest BCUT2D eigenvalue weighted by Gasteiger charge is -2.39. The zero-order chi connectivity index (χ0) is 14.6. The van der Waals surface area contributed by atoms with Crippen molar-refractivity contribution < 1.29 is 18.8 Å². The van der Waals surface area contributed by atoms with Gasteiger partial charge < -0.3 is 18.8 Å². The van der Waals surface area contributed by atoms with Crippen molar-refractivity contribution in [2.75, 3.05) is 20.3 Å². The first kappa shape index (κ1) is 14.5. The van der Waals surface area contributed by atoms with E-state index in [2.05, 4.69) is 39.8 Å². The Balaban J connectivity index is 1.82. The summed E-state index contributed by atoms with van der Waals surface area (Å²) < 4.78 is 24.2. The zero-order valence-corrected chi connectivity index (χ0v) is 13.5. The molecular weight excluding hydrogens is 275 g/mol. The maximum Gasteiger partial charge on any atom is 0.505 e. The van der Waals surface area contributed by atoms with Gasteiger partial charge in [-0.3, -0.25) is 0 Å². The second-order valence-electron chi connectivity index (χ2n) is 6.48. The zero-order valence-electron chi connectivity index (χ0n) is 12.7. The van der Waals surface area contributed by atoms with Gasteiger partial charge >= 0.3 is 7.12 Å². The molecule has 0 atom stereocenters. The first-order valence-electron chi connectivity index (χ1n) is 6.88. The summed E-state index contributed by atoms with van der Waals surface area (Å²) in [4.78, 5) is 1.18. The fourth-order valence-corrected chi connectivity index (χ4v) is 3.44. The summed E-state index contributed by atoms with van der Waals surface area (Å²) in [5.41, 5.74) is -0.882. The van der Waals surface area contributed by atoms with Gasteiger partial charge in [0.2, 0.25) is 0 Å². The quantitative estimate of drug-likeness (QED) is 0.799. The van der Waals surface area contributed by atoms with Crippen LogP contribution in [0.5, 0.6) is 0 Å². The van der Waals surface area contributed by atoms with E-state index in [4.69, 9.17) is 18.8 Å². The second-order valence-corrected chi connectivity index (χ2v) is 7.60. The molecule has 0 aliphatic carbocycles. The Morgan fingerprint density at radius 3 is 2.15 bits per heavy atom. The summed E-state index contributed by atoms with van der Waals surface area (Å²) in [7, 11) is 1.44. The monoisotopic (exact) mass is 296 g/mol. The Morgan fingerprint density at radius 1 is 1.10 bits per heavy atom. The fraction of sp³-hybridized carbons (Fsp3) is 0.714. The summed E-state index contributed by atoms with van der Waals surface area (Å²) in [5, 5.41) is 0. The summed E-state index contributed by atoms with van der Waals surface area (Å²) in [6, 6.07) is 4.16. The Kier molecular flexibility index (Phi) is 3.31. The van der Waals surface area contributed by atoms with Crippen LogP contribution >= 0.6 is 11.3 Å². The molecule has 2 saturated heterocycles. The standard InChI is InChI=1S/C14H21BO4S/c1-12(2)13(3,4)19-15(18-12)11-7-6-10(20-11)14(16-5)8-17-9-14/h6-7H,8-9H2,1-5H3. The number of thiophene rings is 1. The lowest BCUT2D eigenvalue weighted by molar-refractivity contribution is -0.200. The minimum atomic E-state index is -0.305. The highest BCUT2D eigenvalue weighted by atomic mass is 32.1. The van der Waals surface area contributed by atoms with Crippen LogP contribution in [0.3, 0.4) is 0 Å². The molecule has 2 aliphatic heterocycles. The third-order valence-electron chi connectivity index (χ3n) is 4.62. The predicted molar refractivity (Wildman–Crippen MR) is 79.5 cm³/mol. The van der Waals surface area contributed by atoms with Gasteiger partial charge in [0.25, 0.3) is 0 Å². The number of rotatable bonds is 3. The van der Waals surface area contributed by atoms with Crippen molar-refractivity contribution in [2.24, 2.45) is 0 Å². The minimum absolute atomic E-state index is 0.271. The van der Waals surface area contributed by atoms with E-state index < -0.39 is 0 Å². The van der Waals surface area contributed by atoms with E-state index in [-0.39, 0.29) is 23.9 Å². The molecule has 3 heterocycles. The Morgan fingerprint density at radius 2 is 1.70 bits per heavy atom. The highest BCUT2D eigenvalue weighted by molar-refractivity contribution is 7.22. The minimum Gasteiger partial charge on any atom is -0.399 e. The van der Waals surface area contributed by atoms with E-state index in [9.17, 15) is 0 Å². The van der Waals surface area contributed by atoms with Crippen LogP contribution in [0, 0.1) is 0 Å². The predicted octanol–water partition coefficient (Wildman–Crippen LogP) is 1.92. The van der Waals surface area contributed by atoms with Gasteiger partial charge in [-0.1, -0.05) is 6.07 Å². The van der Waals surface area contributed by atoms with Gasteiger partial charge in [-0.25, -0.2) is 0 Å². The van der Waals surface area contributed by atoms with Crippen molar-refractivity contribution >= 4 is 23.2 Å². The number of ether oxygens (including phenoxy) is 2. The lowest BCUT2D eigenvalue weighted by Crippen LogP contribution is -2.47. The van der Waals surface area contributed by atoms with Crippen LogP contribution < -0.4 is 4.78 Å². The van der Waals surface area contributed by atoms with Crippen LogP contribution in [0.4, 0.5) is 0 Å². The van der Waals surface area contributed by atoms with Gasteiger partial charge in [0.1, 0.15) is 5.60 Å². The second kappa shape index (κ2) is 4.55. The van der Waals surface area contributed by atoms with E-state index >= 15 is 0 Å². The third kappa shape index (κ3) is 2.05. The molecule has 0 bridgehead atoms. The van der Waals surface area contributed by atoms with Gasteiger partial charge in [-0.05, 0) is 33.8 Å². The molecule has 2 aliphatic rings. The van der Waals surface area contributed by atoms with Crippen molar-refractivity contribution in [1.29, 1.82) is 0 Å². The number of hydrogen-bond acceptors (Lipinski definition) is 5. The molecule has 6 heteroatoms. The van der Waals surface area contributed by atoms with E-state index in [1.807, 2.05) is 0 Å². The Bertz CT molecular complexity index is 486. The summed E-state index contributed by atoms with van der Waals surface area (Å²) in [5.74, 6) is 0. The molecule has 0 radical (unpaired) electrons. The van der Waals surface area contributed by atoms with E-state index in [0.717, 1.165) is 4.78 Å². The molecule has 20 heavy (non-hydrogen) atoms. The van der Waals surface area contributed by atoms with Crippen LogP contribution in [0.1, 0.15) is 32.6 Å². The summed E-state index contributed by atoms with van der Waals surface area (Å²) in [6.45, 7) is 9.51. The molecule has 3 rings (SSSR count). The van der Waals surface area contributed by atoms with Gasteiger partial charge in [0.05, 0.1) is 24.4 Å². The van der Waals surface area contributed by atoms with E-state index in [1.165, 1.54) is 4.88 Å². The van der Waals surface area contributed by atoms with E-state index in [1.54, 1.807) is 18.4 Å². The first-order valence-corrected chi connectivity index (χ1v) is 7.70. The number of hydrogen-bond donors (Lipinski definition) is 0. The molecule has 0 spiro atoms. The van der Waals surface area contributed by atoms with Crippen LogP contribution in [-0.4, -0.2) is 38.6 Å². The van der Waals surface area contributed by atoms with Gasteiger partial charge in [-0.15, -0.1) is 11.3 Å². The van der Waals surface area contributed by atoms with Crippen molar-refractivity contribution in [1.82, 2.24) is 0 Å². The normalized spacial score (nSPS) is 26.6. The molecule has 0 unspecified atom stereocenters. The summed E-state index contributed by atoms with van der Waals surface area (Å²) >= 11 is 1.68. The number of methoxy groups -OCH3 is 1. The molecule has 0 N–H and O–H groups in total. The molecule has 1 aromatic rings. The third-order valence-corrected chi connectivity index (χ3v) is 5.91. The van der Waals surface area contributed by atoms with Crippen molar-refractivity contribution in [2.45, 2.75) is 44.5 Å². The molecule has 1 aromatic heterocycles. The highest BCUT2D eigenvalue weighted by Crippen LogP contribution is 2.39. The molecule has 2 fully saturated rings. The van der Waals surface area contributed by atoms with Gasteiger partial charge in [-0.2, -0.15) is 0 Å². The van der Waals surface area contributed by atoms with Crippen molar-refractivity contribution in [3.05, 3.63) is 17.0 Å². The van der Waals surface area contributed by atoms with Crippen LogP contribution in [-0.2, 0) is 24.4 Å². The van der Waals surface area contributed by atoms with Gasteiger partial charge in [0, 0.05) is 16.8 Å². The van der Waals surface area contributed by atoms with E-state index in [0.29, 0.717) is 13.2 Å². The van der Waals surface area contributed by atoms with Crippen molar-refractivity contribution in [3.8, 4) is 0 Å². The van der Waals surface area contributed by atoms with Crippen LogP contribution in [0.2, 0.25) is 0 Å².